The summed E-state index contributed by atoms with van der Waals surface area (Å²) >= 11 is 1.97. The molecule has 1 nitrogen and oxygen atoms in total. The molecule has 1 aliphatic rings. The third kappa shape index (κ3) is 2.75. The van der Waals surface area contributed by atoms with Gasteiger partial charge in [-0.1, -0.05) is 24.3 Å². The molecule has 0 aromatic heterocycles. The van der Waals surface area contributed by atoms with Gasteiger partial charge in [0.1, 0.15) is 0 Å². The third-order valence-electron chi connectivity index (χ3n) is 2.22. The van der Waals surface area contributed by atoms with Crippen molar-refractivity contribution >= 4 is 11.8 Å². The molecule has 2 rings (SSSR count). The van der Waals surface area contributed by atoms with E-state index in [9.17, 15) is 0 Å². The molecular formula is C11H14OS. The Bertz CT molecular complexity index is 281. The van der Waals surface area contributed by atoms with Gasteiger partial charge >= 0.3 is 0 Å². The molecule has 1 aliphatic heterocycles. The molecule has 0 saturated carbocycles. The van der Waals surface area contributed by atoms with Crippen molar-refractivity contribution in [1.29, 1.82) is 0 Å². The first-order valence-electron chi connectivity index (χ1n) is 4.60. The minimum Gasteiger partial charge on any atom is -0.372 e. The normalized spacial score (nSPS) is 20.2. The van der Waals surface area contributed by atoms with Crippen LogP contribution in [0, 0.1) is 6.92 Å². The van der Waals surface area contributed by atoms with E-state index in [1.54, 1.807) is 0 Å². The summed E-state index contributed by atoms with van der Waals surface area (Å²) < 4.78 is 5.16. The molecule has 0 amide bonds. The van der Waals surface area contributed by atoms with Gasteiger partial charge in [-0.3, -0.25) is 0 Å². The molecule has 0 spiro atoms. The molecule has 0 radical (unpaired) electrons. The van der Waals surface area contributed by atoms with Crippen molar-refractivity contribution < 1.29 is 4.74 Å². The summed E-state index contributed by atoms with van der Waals surface area (Å²) in [5.74, 6) is 2.26. The van der Waals surface area contributed by atoms with Crippen LogP contribution >= 0.6 is 11.8 Å². The first-order chi connectivity index (χ1) is 6.36. The highest BCUT2D eigenvalue weighted by atomic mass is 32.2. The number of hydrogen-bond acceptors (Lipinski definition) is 2. The molecule has 0 aliphatic carbocycles. The SMILES string of the molecule is Cc1ccccc1CSCC1CO1. The highest BCUT2D eigenvalue weighted by molar-refractivity contribution is 7.98. The van der Waals surface area contributed by atoms with Gasteiger partial charge < -0.3 is 4.74 Å². The van der Waals surface area contributed by atoms with Crippen LogP contribution in [0.25, 0.3) is 0 Å². The van der Waals surface area contributed by atoms with Crippen molar-refractivity contribution in [3.8, 4) is 0 Å². The van der Waals surface area contributed by atoms with Crippen LogP contribution in [0.15, 0.2) is 24.3 Å². The average Bonchev–Trinajstić information content (AvgIpc) is 2.92. The van der Waals surface area contributed by atoms with Gasteiger partial charge in [0.2, 0.25) is 0 Å². The topological polar surface area (TPSA) is 12.5 Å². The molecule has 0 bridgehead atoms. The largest absolute Gasteiger partial charge is 0.372 e. The maximum Gasteiger partial charge on any atom is 0.0900 e. The van der Waals surface area contributed by atoms with Gasteiger partial charge in [-0.05, 0) is 18.1 Å². The van der Waals surface area contributed by atoms with Gasteiger partial charge in [0.05, 0.1) is 12.7 Å². The fourth-order valence-corrected chi connectivity index (χ4v) is 2.35. The molecule has 1 aromatic carbocycles. The van der Waals surface area contributed by atoms with Crippen LogP contribution in [0.1, 0.15) is 11.1 Å². The second kappa shape index (κ2) is 4.16. The Kier molecular flexibility index (Phi) is 2.91. The summed E-state index contributed by atoms with van der Waals surface area (Å²) in [6, 6.07) is 8.57. The van der Waals surface area contributed by atoms with E-state index in [0.29, 0.717) is 6.10 Å². The zero-order valence-electron chi connectivity index (χ0n) is 7.82. The highest BCUT2D eigenvalue weighted by Gasteiger charge is 2.21. The van der Waals surface area contributed by atoms with Gasteiger partial charge in [-0.25, -0.2) is 0 Å². The predicted molar refractivity (Wildman–Crippen MR) is 57.1 cm³/mol. The van der Waals surface area contributed by atoms with Crippen LogP contribution in [0.2, 0.25) is 0 Å². The number of ether oxygens (including phenoxy) is 1. The van der Waals surface area contributed by atoms with E-state index < -0.39 is 0 Å². The Hall–Kier alpha value is -0.470. The van der Waals surface area contributed by atoms with Crippen LogP contribution in [-0.2, 0) is 10.5 Å². The van der Waals surface area contributed by atoms with Crippen molar-refractivity contribution in [2.24, 2.45) is 0 Å². The first kappa shape index (κ1) is 9.10. The zero-order chi connectivity index (χ0) is 9.10. The summed E-state index contributed by atoms with van der Waals surface area (Å²) in [7, 11) is 0. The first-order valence-corrected chi connectivity index (χ1v) is 5.75. The van der Waals surface area contributed by atoms with E-state index in [0.717, 1.165) is 18.1 Å². The van der Waals surface area contributed by atoms with E-state index in [1.807, 2.05) is 11.8 Å². The molecule has 2 heteroatoms. The van der Waals surface area contributed by atoms with Gasteiger partial charge in [0, 0.05) is 11.5 Å². The van der Waals surface area contributed by atoms with Crippen LogP contribution in [0.3, 0.4) is 0 Å². The average molecular weight is 194 g/mol. The number of hydrogen-bond donors (Lipinski definition) is 0. The Morgan fingerprint density at radius 3 is 2.92 bits per heavy atom. The summed E-state index contributed by atoms with van der Waals surface area (Å²) in [6.45, 7) is 3.14. The van der Waals surface area contributed by atoms with Gasteiger partial charge in [-0.15, -0.1) is 0 Å². The molecule has 1 atom stereocenters. The van der Waals surface area contributed by atoms with Gasteiger partial charge in [0.25, 0.3) is 0 Å². The molecule has 1 fully saturated rings. The van der Waals surface area contributed by atoms with E-state index in [4.69, 9.17) is 4.74 Å². The zero-order valence-corrected chi connectivity index (χ0v) is 8.64. The number of benzene rings is 1. The number of thioether (sulfide) groups is 1. The van der Waals surface area contributed by atoms with E-state index in [2.05, 4.69) is 31.2 Å². The second-order valence-electron chi connectivity index (χ2n) is 3.40. The van der Waals surface area contributed by atoms with Crippen LogP contribution in [-0.4, -0.2) is 18.5 Å². The Morgan fingerprint density at radius 1 is 1.46 bits per heavy atom. The molecule has 1 unspecified atom stereocenters. The molecule has 1 saturated heterocycles. The van der Waals surface area contributed by atoms with Crippen molar-refractivity contribution in [3.63, 3.8) is 0 Å². The fourth-order valence-electron chi connectivity index (χ4n) is 1.24. The lowest BCUT2D eigenvalue weighted by Gasteiger charge is -2.03. The third-order valence-corrected chi connectivity index (χ3v) is 3.35. The minimum absolute atomic E-state index is 0.550. The van der Waals surface area contributed by atoms with E-state index >= 15 is 0 Å². The smallest absolute Gasteiger partial charge is 0.0900 e. The van der Waals surface area contributed by atoms with Crippen molar-refractivity contribution in [1.82, 2.24) is 0 Å². The predicted octanol–water partition coefficient (Wildman–Crippen LogP) is 2.63. The van der Waals surface area contributed by atoms with Crippen molar-refractivity contribution in [2.75, 3.05) is 12.4 Å². The summed E-state index contributed by atoms with van der Waals surface area (Å²) in [4.78, 5) is 0. The Labute approximate surface area is 83.5 Å². The van der Waals surface area contributed by atoms with Crippen molar-refractivity contribution in [3.05, 3.63) is 35.4 Å². The number of epoxide rings is 1. The maximum absolute atomic E-state index is 5.16. The van der Waals surface area contributed by atoms with Gasteiger partial charge in [-0.2, -0.15) is 11.8 Å². The number of rotatable bonds is 4. The molecule has 70 valence electrons. The molecule has 13 heavy (non-hydrogen) atoms. The highest BCUT2D eigenvalue weighted by Crippen LogP contribution is 2.21. The number of aryl methyl sites for hydroxylation is 1. The van der Waals surface area contributed by atoms with Crippen LogP contribution < -0.4 is 0 Å². The summed E-state index contributed by atoms with van der Waals surface area (Å²) in [5.41, 5.74) is 2.85. The maximum atomic E-state index is 5.16. The molecule has 1 heterocycles. The van der Waals surface area contributed by atoms with E-state index in [1.165, 1.54) is 11.1 Å². The van der Waals surface area contributed by atoms with Gasteiger partial charge in [0.15, 0.2) is 0 Å². The lowest BCUT2D eigenvalue weighted by atomic mass is 10.1. The lowest BCUT2D eigenvalue weighted by Crippen LogP contribution is -1.91. The standard InChI is InChI=1S/C11H14OS/c1-9-4-2-3-5-10(9)7-13-8-11-6-12-11/h2-5,11H,6-8H2,1H3. The van der Waals surface area contributed by atoms with Crippen LogP contribution in [0.4, 0.5) is 0 Å². The van der Waals surface area contributed by atoms with Crippen LogP contribution in [0.5, 0.6) is 0 Å². The second-order valence-corrected chi connectivity index (χ2v) is 4.43. The monoisotopic (exact) mass is 194 g/mol. The molecule has 0 N–H and O–H groups in total. The summed E-state index contributed by atoms with van der Waals surface area (Å²) in [5, 5.41) is 0. The Morgan fingerprint density at radius 2 is 2.23 bits per heavy atom. The Balaban J connectivity index is 1.82. The lowest BCUT2D eigenvalue weighted by molar-refractivity contribution is 0.426. The van der Waals surface area contributed by atoms with Crippen molar-refractivity contribution in [2.45, 2.75) is 18.8 Å². The van der Waals surface area contributed by atoms with E-state index in [-0.39, 0.29) is 0 Å². The molecule has 1 aromatic rings. The quantitative estimate of drug-likeness (QED) is 0.683. The fraction of sp³-hybridized carbons (Fsp3) is 0.455. The molecular weight excluding hydrogens is 180 g/mol. The minimum atomic E-state index is 0.550. The summed E-state index contributed by atoms with van der Waals surface area (Å²) in [6.07, 6.45) is 0.550.